The highest BCUT2D eigenvalue weighted by Crippen LogP contribution is 2.51. The predicted molar refractivity (Wildman–Crippen MR) is 147 cm³/mol. The fourth-order valence-electron chi connectivity index (χ4n) is 5.84. The van der Waals surface area contributed by atoms with Crippen LogP contribution >= 0.6 is 11.6 Å². The lowest BCUT2D eigenvalue weighted by atomic mass is 9.78. The van der Waals surface area contributed by atoms with Gasteiger partial charge in [0.05, 0.1) is 21.4 Å². The van der Waals surface area contributed by atoms with Crippen molar-refractivity contribution >= 4 is 39.2 Å². The molecule has 2 N–H and O–H groups in total. The Hall–Kier alpha value is -3.41. The molecule has 2 aliphatic carbocycles. The third kappa shape index (κ3) is 6.12. The Balaban J connectivity index is 1.31. The molecule has 0 aliphatic heterocycles. The second-order valence-corrected chi connectivity index (χ2v) is 12.9. The number of fused-ring (bicyclic) bond motifs is 2. The van der Waals surface area contributed by atoms with Gasteiger partial charge in [-0.1, -0.05) is 47.1 Å². The first kappa shape index (κ1) is 29.1. The van der Waals surface area contributed by atoms with Gasteiger partial charge in [0.15, 0.2) is 27.3 Å². The third-order valence-corrected chi connectivity index (χ3v) is 10.5. The van der Waals surface area contributed by atoms with Gasteiger partial charge in [0, 0.05) is 23.4 Å². The summed E-state index contributed by atoms with van der Waals surface area (Å²) >= 11 is 6.29. The second-order valence-electron chi connectivity index (χ2n) is 10.5. The first-order valence-corrected chi connectivity index (χ1v) is 14.8. The summed E-state index contributed by atoms with van der Waals surface area (Å²) in [5.41, 5.74) is -0.888. The van der Waals surface area contributed by atoms with E-state index in [1.807, 2.05) is 30.3 Å². The monoisotopic (exact) mass is 606 g/mol. The number of amides is 1. The average Bonchev–Trinajstić information content (AvgIpc) is 3.23. The highest BCUT2D eigenvalue weighted by atomic mass is 35.5. The zero-order valence-electron chi connectivity index (χ0n) is 21.6. The van der Waals surface area contributed by atoms with Gasteiger partial charge in [-0.05, 0) is 61.3 Å². The lowest BCUT2D eigenvalue weighted by Gasteiger charge is -2.38. The smallest absolute Gasteiger partial charge is 0.255 e. The van der Waals surface area contributed by atoms with Gasteiger partial charge in [0.1, 0.15) is 12.2 Å². The van der Waals surface area contributed by atoms with Crippen LogP contribution in [0.25, 0.3) is 0 Å². The van der Waals surface area contributed by atoms with E-state index >= 15 is 0 Å². The minimum Gasteiger partial charge on any atom is -0.391 e. The van der Waals surface area contributed by atoms with Gasteiger partial charge >= 0.3 is 0 Å². The van der Waals surface area contributed by atoms with Crippen LogP contribution in [0.15, 0.2) is 70.7 Å². The highest BCUT2D eigenvalue weighted by Gasteiger charge is 2.54. The molecule has 0 aromatic heterocycles. The molecule has 3 aromatic rings. The maximum Gasteiger partial charge on any atom is 0.255 e. The Morgan fingerprint density at radius 2 is 1.68 bits per heavy atom. The number of oxime groups is 1. The molecule has 0 saturated heterocycles. The van der Waals surface area contributed by atoms with Crippen LogP contribution in [-0.4, -0.2) is 36.5 Å². The topological polar surface area (TPSA) is 105 Å². The normalized spacial score (nSPS) is 24.0. The number of hydrogen-bond donors (Lipinski definition) is 2. The molecular formula is C29H26ClF3N2O5S. The number of rotatable bonds is 8. The minimum absolute atomic E-state index is 0.0865. The van der Waals surface area contributed by atoms with E-state index in [-0.39, 0.29) is 52.5 Å². The number of nitrogens with one attached hydrogen (secondary N) is 1. The molecule has 0 radical (unpaired) electrons. The summed E-state index contributed by atoms with van der Waals surface area (Å²) < 4.78 is 68.1. The summed E-state index contributed by atoms with van der Waals surface area (Å²) in [6, 6.07) is 14.3. The molecule has 4 atom stereocenters. The zero-order chi connectivity index (χ0) is 29.4. The first-order chi connectivity index (χ1) is 19.5. The molecule has 2 unspecified atom stereocenters. The largest absolute Gasteiger partial charge is 0.391 e. The summed E-state index contributed by atoms with van der Waals surface area (Å²) in [7, 11) is -4.06. The van der Waals surface area contributed by atoms with Crippen LogP contribution in [0.2, 0.25) is 5.02 Å². The van der Waals surface area contributed by atoms with Crippen molar-refractivity contribution in [2.75, 3.05) is 5.32 Å². The minimum atomic E-state index is -4.06. The van der Waals surface area contributed by atoms with E-state index in [9.17, 15) is 31.5 Å². The Morgan fingerprint density at radius 3 is 2.32 bits per heavy atom. The summed E-state index contributed by atoms with van der Waals surface area (Å²) in [6.45, 7) is 0.227. The van der Waals surface area contributed by atoms with Crippen molar-refractivity contribution in [3.8, 4) is 0 Å². The molecule has 2 bridgehead atoms. The van der Waals surface area contributed by atoms with Gasteiger partial charge in [-0.2, -0.15) is 0 Å². The van der Waals surface area contributed by atoms with E-state index in [0.717, 1.165) is 11.6 Å². The van der Waals surface area contributed by atoms with Crippen LogP contribution in [0.1, 0.15) is 41.6 Å². The summed E-state index contributed by atoms with van der Waals surface area (Å²) in [5, 5.41) is 16.4. The Kier molecular flexibility index (Phi) is 8.13. The Morgan fingerprint density at radius 1 is 1.05 bits per heavy atom. The molecule has 2 fully saturated rings. The van der Waals surface area contributed by atoms with Crippen LogP contribution in [0, 0.1) is 29.3 Å². The van der Waals surface area contributed by atoms with Gasteiger partial charge in [0.25, 0.3) is 5.91 Å². The molecule has 216 valence electrons. The number of benzene rings is 3. The quantitative estimate of drug-likeness (QED) is 0.189. The maximum atomic E-state index is 13.9. The molecule has 2 saturated carbocycles. The third-order valence-electron chi connectivity index (χ3n) is 7.61. The van der Waals surface area contributed by atoms with Crippen LogP contribution in [0.3, 0.4) is 0 Å². The summed E-state index contributed by atoms with van der Waals surface area (Å²) in [6.07, 6.45) is 2.81. The molecular weight excluding hydrogens is 581 g/mol. The van der Waals surface area contributed by atoms with Crippen LogP contribution in [0.4, 0.5) is 18.9 Å². The van der Waals surface area contributed by atoms with Crippen molar-refractivity contribution in [2.45, 2.75) is 48.0 Å². The first-order valence-electron chi connectivity index (χ1n) is 12.9. The molecule has 3 aromatic carbocycles. The molecule has 7 nitrogen and oxygen atoms in total. The molecule has 0 heterocycles. The molecule has 0 spiro atoms. The van der Waals surface area contributed by atoms with Gasteiger partial charge < -0.3 is 15.3 Å². The molecule has 12 heteroatoms. The van der Waals surface area contributed by atoms with Crippen molar-refractivity contribution in [3.63, 3.8) is 0 Å². The number of hydrogen-bond acceptors (Lipinski definition) is 6. The summed E-state index contributed by atoms with van der Waals surface area (Å²) in [4.78, 5) is 17.9. The van der Waals surface area contributed by atoms with E-state index in [1.165, 1.54) is 18.3 Å². The summed E-state index contributed by atoms with van der Waals surface area (Å²) in [5.74, 6) is -6.29. The van der Waals surface area contributed by atoms with E-state index in [2.05, 4.69) is 10.5 Å². The standard InChI is InChI=1S/C29H26ClF3N2O5S/c30-22-9-8-18(28(36)35-21-11-23(31)26(33)24(32)12-21)10-25(22)41(38,39)27-19-6-7-20(27)14-29(37,13-19)16-34-40-15-17-4-2-1-3-5-17/h1-5,8-12,16,19-20,27,37H,6-7,13-15H2,(H,35,36)/b34-16+/t19-,20?,27?,29+/m0/s1. The molecule has 41 heavy (non-hydrogen) atoms. The van der Waals surface area contributed by atoms with Gasteiger partial charge in [-0.15, -0.1) is 0 Å². The van der Waals surface area contributed by atoms with E-state index < -0.39 is 44.0 Å². The van der Waals surface area contributed by atoms with Crippen molar-refractivity contribution in [3.05, 3.63) is 94.3 Å². The number of aliphatic hydroxyl groups is 1. The Bertz CT molecular complexity index is 1570. The van der Waals surface area contributed by atoms with E-state index in [0.29, 0.717) is 25.0 Å². The molecule has 1 amide bonds. The maximum absolute atomic E-state index is 13.9. The predicted octanol–water partition coefficient (Wildman–Crippen LogP) is 5.91. The fourth-order valence-corrected chi connectivity index (χ4v) is 8.69. The lowest BCUT2D eigenvalue weighted by Crippen LogP contribution is -2.47. The molecule has 2 aliphatic rings. The van der Waals surface area contributed by atoms with Crippen LogP contribution in [-0.2, 0) is 21.3 Å². The van der Waals surface area contributed by atoms with Crippen LogP contribution < -0.4 is 5.32 Å². The number of carbonyl (C=O) groups excluding carboxylic acids is 1. The number of halogens is 4. The van der Waals surface area contributed by atoms with E-state index in [4.69, 9.17) is 16.4 Å². The highest BCUT2D eigenvalue weighted by molar-refractivity contribution is 7.92. The van der Waals surface area contributed by atoms with E-state index in [1.54, 1.807) is 0 Å². The van der Waals surface area contributed by atoms with Crippen molar-refractivity contribution in [1.29, 1.82) is 0 Å². The molecule has 5 rings (SSSR count). The van der Waals surface area contributed by atoms with Crippen molar-refractivity contribution in [2.24, 2.45) is 17.0 Å². The number of anilines is 1. The second kappa shape index (κ2) is 11.5. The van der Waals surface area contributed by atoms with Gasteiger partial charge in [-0.25, -0.2) is 21.6 Å². The average molecular weight is 607 g/mol. The van der Waals surface area contributed by atoms with Crippen LogP contribution in [0.5, 0.6) is 0 Å². The van der Waals surface area contributed by atoms with Crippen molar-refractivity contribution in [1.82, 2.24) is 0 Å². The van der Waals surface area contributed by atoms with Gasteiger partial charge in [-0.3, -0.25) is 4.79 Å². The number of carbonyl (C=O) groups is 1. The Labute approximate surface area is 239 Å². The fraction of sp³-hybridized carbons (Fsp3) is 0.310. The SMILES string of the molecule is O=C(Nc1cc(F)c(F)c(F)c1)c1ccc(Cl)c(S(=O)(=O)C2C3CC[C@H]2C[C@](O)(/C=N/OCc2ccccc2)C3)c1. The van der Waals surface area contributed by atoms with Gasteiger partial charge in [0.2, 0.25) is 0 Å². The lowest BCUT2D eigenvalue weighted by molar-refractivity contribution is 0.0411. The number of nitrogens with zero attached hydrogens (tertiary/aromatic N) is 1. The zero-order valence-corrected chi connectivity index (χ0v) is 23.1. The van der Waals surface area contributed by atoms with Crippen molar-refractivity contribution < 1.29 is 36.3 Å². The number of sulfone groups is 1.